The molecule has 1 aromatic carbocycles. The molecule has 2 aromatic rings. The SMILES string of the molecule is Cc1cc(N2CCN(CCC(=O)Nc3ccccc3[N+](=O)[O-])CC2)nc(C(C)C)n1. The van der Waals surface area contributed by atoms with Crippen LogP contribution < -0.4 is 10.2 Å². The van der Waals surface area contributed by atoms with Crippen molar-refractivity contribution < 1.29 is 9.72 Å². The van der Waals surface area contributed by atoms with E-state index >= 15 is 0 Å². The summed E-state index contributed by atoms with van der Waals surface area (Å²) < 4.78 is 0. The fourth-order valence-electron chi connectivity index (χ4n) is 3.41. The van der Waals surface area contributed by atoms with Crippen LogP contribution in [0.4, 0.5) is 17.2 Å². The number of anilines is 2. The molecular weight excluding hydrogens is 384 g/mol. The minimum absolute atomic E-state index is 0.0969. The lowest BCUT2D eigenvalue weighted by Crippen LogP contribution is -2.47. The molecule has 1 N–H and O–H groups in total. The predicted molar refractivity (Wildman–Crippen MR) is 116 cm³/mol. The first-order valence-corrected chi connectivity index (χ1v) is 10.2. The third-order valence-electron chi connectivity index (χ3n) is 5.10. The predicted octanol–water partition coefficient (Wildman–Crippen LogP) is 2.97. The number of nitrogens with one attached hydrogen (secondary N) is 1. The molecule has 3 rings (SSSR count). The normalized spacial score (nSPS) is 14.7. The van der Waals surface area contributed by atoms with Gasteiger partial charge in [-0.25, -0.2) is 9.97 Å². The lowest BCUT2D eigenvalue weighted by atomic mass is 10.2. The van der Waals surface area contributed by atoms with Crippen LogP contribution in [0.25, 0.3) is 0 Å². The van der Waals surface area contributed by atoms with Gasteiger partial charge in [0.05, 0.1) is 4.92 Å². The zero-order chi connectivity index (χ0) is 21.7. The Balaban J connectivity index is 1.50. The van der Waals surface area contributed by atoms with Crippen molar-refractivity contribution in [3.8, 4) is 0 Å². The lowest BCUT2D eigenvalue weighted by molar-refractivity contribution is -0.383. The third-order valence-corrected chi connectivity index (χ3v) is 5.10. The molecule has 30 heavy (non-hydrogen) atoms. The van der Waals surface area contributed by atoms with Gasteiger partial charge in [-0.3, -0.25) is 19.8 Å². The van der Waals surface area contributed by atoms with Crippen LogP contribution in [0.3, 0.4) is 0 Å². The zero-order valence-corrected chi connectivity index (χ0v) is 17.7. The summed E-state index contributed by atoms with van der Waals surface area (Å²) >= 11 is 0. The highest BCUT2D eigenvalue weighted by molar-refractivity contribution is 5.93. The molecule has 9 nitrogen and oxygen atoms in total. The number of aryl methyl sites for hydroxylation is 1. The fraction of sp³-hybridized carbons (Fsp3) is 0.476. The van der Waals surface area contributed by atoms with E-state index < -0.39 is 4.92 Å². The molecule has 1 saturated heterocycles. The second-order valence-corrected chi connectivity index (χ2v) is 7.78. The number of piperazine rings is 1. The van der Waals surface area contributed by atoms with Crippen molar-refractivity contribution >= 4 is 23.1 Å². The van der Waals surface area contributed by atoms with Gasteiger partial charge in [0.2, 0.25) is 5.91 Å². The fourth-order valence-corrected chi connectivity index (χ4v) is 3.41. The van der Waals surface area contributed by atoms with E-state index in [0.29, 0.717) is 6.54 Å². The minimum Gasteiger partial charge on any atom is -0.354 e. The number of benzene rings is 1. The van der Waals surface area contributed by atoms with Gasteiger partial charge < -0.3 is 10.2 Å². The topological polar surface area (TPSA) is 104 Å². The van der Waals surface area contributed by atoms with Gasteiger partial charge in [-0.05, 0) is 13.0 Å². The van der Waals surface area contributed by atoms with Gasteiger partial charge >= 0.3 is 0 Å². The largest absolute Gasteiger partial charge is 0.354 e. The number of nitrogens with zero attached hydrogens (tertiary/aromatic N) is 5. The van der Waals surface area contributed by atoms with Gasteiger partial charge in [0.15, 0.2) is 0 Å². The summed E-state index contributed by atoms with van der Waals surface area (Å²) in [5.41, 5.74) is 1.11. The number of nitro groups is 1. The molecule has 0 bridgehead atoms. The van der Waals surface area contributed by atoms with Gasteiger partial charge in [-0.15, -0.1) is 0 Å². The van der Waals surface area contributed by atoms with Crippen molar-refractivity contribution in [3.63, 3.8) is 0 Å². The highest BCUT2D eigenvalue weighted by atomic mass is 16.6. The highest BCUT2D eigenvalue weighted by Gasteiger charge is 2.21. The molecule has 160 valence electrons. The van der Waals surface area contributed by atoms with Gasteiger partial charge in [0.1, 0.15) is 17.3 Å². The number of aromatic nitrogens is 2. The van der Waals surface area contributed by atoms with Crippen LogP contribution in [-0.4, -0.2) is 58.4 Å². The summed E-state index contributed by atoms with van der Waals surface area (Å²) in [5, 5.41) is 13.7. The summed E-state index contributed by atoms with van der Waals surface area (Å²) in [6, 6.07) is 8.19. The van der Waals surface area contributed by atoms with E-state index in [1.807, 2.05) is 13.0 Å². The summed E-state index contributed by atoms with van der Waals surface area (Å²) in [6.45, 7) is 10.1. The first kappa shape index (κ1) is 21.6. The van der Waals surface area contributed by atoms with E-state index in [4.69, 9.17) is 4.98 Å². The average Bonchev–Trinajstić information content (AvgIpc) is 2.72. The molecule has 1 aliphatic rings. The molecule has 0 saturated carbocycles. The zero-order valence-electron chi connectivity index (χ0n) is 17.7. The Morgan fingerprint density at radius 2 is 1.90 bits per heavy atom. The molecule has 0 unspecified atom stereocenters. The number of amides is 1. The maximum Gasteiger partial charge on any atom is 0.292 e. The molecular formula is C21H28N6O3. The number of hydrogen-bond acceptors (Lipinski definition) is 7. The smallest absolute Gasteiger partial charge is 0.292 e. The first-order chi connectivity index (χ1) is 14.3. The second-order valence-electron chi connectivity index (χ2n) is 7.78. The summed E-state index contributed by atoms with van der Waals surface area (Å²) in [4.78, 5) is 36.5. The molecule has 1 aromatic heterocycles. The minimum atomic E-state index is -0.492. The van der Waals surface area contributed by atoms with Gasteiger partial charge in [-0.2, -0.15) is 0 Å². The second kappa shape index (κ2) is 9.62. The Morgan fingerprint density at radius 1 is 1.20 bits per heavy atom. The van der Waals surface area contributed by atoms with Crippen molar-refractivity contribution in [3.05, 3.63) is 52.0 Å². The number of para-hydroxylation sites is 2. The maximum absolute atomic E-state index is 12.3. The van der Waals surface area contributed by atoms with Gasteiger partial charge in [-0.1, -0.05) is 26.0 Å². The van der Waals surface area contributed by atoms with E-state index in [-0.39, 0.29) is 29.6 Å². The van der Waals surface area contributed by atoms with Gasteiger partial charge in [0, 0.05) is 62.9 Å². The van der Waals surface area contributed by atoms with Crippen molar-refractivity contribution in [1.82, 2.24) is 14.9 Å². The average molecular weight is 412 g/mol. The van der Waals surface area contributed by atoms with E-state index in [1.54, 1.807) is 18.2 Å². The summed E-state index contributed by atoms with van der Waals surface area (Å²) in [5.74, 6) is 1.88. The van der Waals surface area contributed by atoms with Crippen molar-refractivity contribution in [2.45, 2.75) is 33.1 Å². The Kier molecular flexibility index (Phi) is 6.94. The maximum atomic E-state index is 12.3. The Morgan fingerprint density at radius 3 is 2.57 bits per heavy atom. The van der Waals surface area contributed by atoms with Crippen molar-refractivity contribution in [1.29, 1.82) is 0 Å². The van der Waals surface area contributed by atoms with Crippen LogP contribution in [0.2, 0.25) is 0 Å². The molecule has 1 amide bonds. The molecule has 0 spiro atoms. The number of nitro benzene ring substituents is 1. The quantitative estimate of drug-likeness (QED) is 0.551. The Labute approximate surface area is 176 Å². The highest BCUT2D eigenvalue weighted by Crippen LogP contribution is 2.23. The molecule has 0 radical (unpaired) electrons. The molecule has 0 aliphatic carbocycles. The molecule has 0 atom stereocenters. The van der Waals surface area contributed by atoms with E-state index in [9.17, 15) is 14.9 Å². The van der Waals surface area contributed by atoms with E-state index in [2.05, 4.69) is 33.9 Å². The standard InChI is InChI=1S/C21H28N6O3/c1-15(2)21-22-16(3)14-19(24-21)26-12-10-25(11-13-26)9-8-20(28)23-17-6-4-5-7-18(17)27(29)30/h4-7,14-15H,8-13H2,1-3H3,(H,23,28). The lowest BCUT2D eigenvalue weighted by Gasteiger charge is -2.35. The first-order valence-electron chi connectivity index (χ1n) is 10.2. The van der Waals surface area contributed by atoms with Crippen LogP contribution >= 0.6 is 0 Å². The van der Waals surface area contributed by atoms with Crippen LogP contribution in [0.5, 0.6) is 0 Å². The summed E-state index contributed by atoms with van der Waals surface area (Å²) in [7, 11) is 0. The van der Waals surface area contributed by atoms with Crippen LogP contribution in [-0.2, 0) is 4.79 Å². The number of carbonyl (C=O) groups is 1. The van der Waals surface area contributed by atoms with E-state index in [0.717, 1.165) is 43.5 Å². The molecule has 1 fully saturated rings. The Bertz CT molecular complexity index is 909. The van der Waals surface area contributed by atoms with Crippen molar-refractivity contribution in [2.75, 3.05) is 42.9 Å². The van der Waals surface area contributed by atoms with Crippen LogP contribution in [0.1, 0.15) is 37.7 Å². The third kappa shape index (κ3) is 5.50. The monoisotopic (exact) mass is 412 g/mol. The van der Waals surface area contributed by atoms with Crippen LogP contribution in [0, 0.1) is 17.0 Å². The number of rotatable bonds is 7. The number of hydrogen-bond donors (Lipinski definition) is 1. The van der Waals surface area contributed by atoms with Gasteiger partial charge in [0.25, 0.3) is 5.69 Å². The van der Waals surface area contributed by atoms with Crippen LogP contribution in [0.15, 0.2) is 30.3 Å². The molecule has 2 heterocycles. The van der Waals surface area contributed by atoms with E-state index in [1.165, 1.54) is 6.07 Å². The number of carbonyl (C=O) groups excluding carboxylic acids is 1. The summed E-state index contributed by atoms with van der Waals surface area (Å²) in [6.07, 6.45) is 0.288. The molecule has 1 aliphatic heterocycles. The molecule has 9 heteroatoms. The van der Waals surface area contributed by atoms with Crippen molar-refractivity contribution in [2.24, 2.45) is 0 Å². The Hall–Kier alpha value is -3.07.